The lowest BCUT2D eigenvalue weighted by Crippen LogP contribution is -2.17. The summed E-state index contributed by atoms with van der Waals surface area (Å²) < 4.78 is 0. The molecule has 2 rings (SSSR count). The van der Waals surface area contributed by atoms with Crippen LogP contribution in [0, 0.1) is 6.92 Å². The molecule has 0 bridgehead atoms. The molecule has 0 fully saturated rings. The average Bonchev–Trinajstić information content (AvgIpc) is 2.32. The molecule has 0 unspecified atom stereocenters. The van der Waals surface area contributed by atoms with Crippen LogP contribution in [0.15, 0.2) is 36.7 Å². The van der Waals surface area contributed by atoms with E-state index in [1.807, 2.05) is 31.2 Å². The molecule has 0 saturated carbocycles. The van der Waals surface area contributed by atoms with Gasteiger partial charge in [0.2, 0.25) is 0 Å². The monoisotopic (exact) mass is 227 g/mol. The molecule has 1 aromatic carbocycles. The number of hydrogen-bond donors (Lipinski definition) is 1. The Morgan fingerprint density at radius 2 is 1.94 bits per heavy atom. The Kier molecular flexibility index (Phi) is 3.14. The van der Waals surface area contributed by atoms with Gasteiger partial charge >= 0.3 is 0 Å². The maximum Gasteiger partial charge on any atom is 0.269 e. The van der Waals surface area contributed by atoms with Gasteiger partial charge in [0.25, 0.3) is 5.91 Å². The average molecular weight is 227 g/mol. The molecule has 0 spiro atoms. The molecule has 0 aliphatic heterocycles. The van der Waals surface area contributed by atoms with Gasteiger partial charge in [0.15, 0.2) is 0 Å². The van der Waals surface area contributed by atoms with Crippen LogP contribution >= 0.6 is 0 Å². The number of aromatic nitrogens is 2. The molecular formula is C13H13N3O. The van der Waals surface area contributed by atoms with Crippen molar-refractivity contribution in [3.05, 3.63) is 59.2 Å². The molecular weight excluding hydrogens is 214 g/mol. The summed E-state index contributed by atoms with van der Waals surface area (Å²) in [5, 5.41) is 0. The van der Waals surface area contributed by atoms with Gasteiger partial charge in [0.1, 0.15) is 5.69 Å². The second kappa shape index (κ2) is 4.74. The molecule has 1 heterocycles. The van der Waals surface area contributed by atoms with Gasteiger partial charge in [-0.2, -0.15) is 0 Å². The zero-order chi connectivity index (χ0) is 12.3. The molecule has 0 aliphatic carbocycles. The summed E-state index contributed by atoms with van der Waals surface area (Å²) in [7, 11) is 0. The summed E-state index contributed by atoms with van der Waals surface area (Å²) in [5.74, 6) is -0.540. The quantitative estimate of drug-likeness (QED) is 0.863. The lowest BCUT2D eigenvalue weighted by atomic mass is 10.0. The number of primary amides is 1. The second-order valence-electron chi connectivity index (χ2n) is 3.82. The zero-order valence-electron chi connectivity index (χ0n) is 9.55. The number of aryl methyl sites for hydroxylation is 1. The topological polar surface area (TPSA) is 68.9 Å². The fraction of sp³-hybridized carbons (Fsp3) is 0.154. The van der Waals surface area contributed by atoms with Gasteiger partial charge in [-0.1, -0.05) is 24.3 Å². The molecule has 1 amide bonds. The molecule has 86 valence electrons. The highest BCUT2D eigenvalue weighted by Gasteiger charge is 2.11. The molecule has 17 heavy (non-hydrogen) atoms. The molecule has 0 aliphatic rings. The van der Waals surface area contributed by atoms with Crippen molar-refractivity contribution in [2.24, 2.45) is 5.73 Å². The lowest BCUT2D eigenvalue weighted by molar-refractivity contribution is 0.0994. The Labute approximate surface area is 99.5 Å². The predicted molar refractivity (Wildman–Crippen MR) is 64.5 cm³/mol. The molecule has 0 saturated heterocycles. The number of hydrogen-bond acceptors (Lipinski definition) is 3. The maximum atomic E-state index is 11.2. The summed E-state index contributed by atoms with van der Waals surface area (Å²) in [6.07, 6.45) is 3.61. The number of carbonyl (C=O) groups is 1. The summed E-state index contributed by atoms with van der Waals surface area (Å²) >= 11 is 0. The number of rotatable bonds is 3. The Morgan fingerprint density at radius 3 is 2.65 bits per heavy atom. The van der Waals surface area contributed by atoms with E-state index in [2.05, 4.69) is 9.97 Å². The lowest BCUT2D eigenvalue weighted by Gasteiger charge is -2.06. The molecule has 4 nitrogen and oxygen atoms in total. The third kappa shape index (κ3) is 2.47. The first-order valence-electron chi connectivity index (χ1n) is 5.32. The van der Waals surface area contributed by atoms with Gasteiger partial charge in [-0.15, -0.1) is 0 Å². The van der Waals surface area contributed by atoms with Crippen LogP contribution in [0.4, 0.5) is 0 Å². The highest BCUT2D eigenvalue weighted by Crippen LogP contribution is 2.13. The molecule has 4 heteroatoms. The van der Waals surface area contributed by atoms with E-state index in [4.69, 9.17) is 5.73 Å². The van der Waals surface area contributed by atoms with Crippen LogP contribution in [0.5, 0.6) is 0 Å². The van der Waals surface area contributed by atoms with E-state index >= 15 is 0 Å². The normalized spacial score (nSPS) is 10.2. The third-order valence-corrected chi connectivity index (χ3v) is 2.63. The molecule has 2 N–H and O–H groups in total. The maximum absolute atomic E-state index is 11.2. The number of benzene rings is 1. The molecule has 0 atom stereocenters. The predicted octanol–water partition coefficient (Wildman–Crippen LogP) is 1.47. The van der Waals surface area contributed by atoms with Gasteiger partial charge in [-0.05, 0) is 18.1 Å². The summed E-state index contributed by atoms with van der Waals surface area (Å²) in [6, 6.07) is 7.97. The van der Waals surface area contributed by atoms with Crippen molar-refractivity contribution in [2.75, 3.05) is 0 Å². The smallest absolute Gasteiger partial charge is 0.269 e. The van der Waals surface area contributed by atoms with E-state index in [0.29, 0.717) is 12.1 Å². The van der Waals surface area contributed by atoms with E-state index in [-0.39, 0.29) is 5.69 Å². The van der Waals surface area contributed by atoms with Gasteiger partial charge in [-0.3, -0.25) is 9.78 Å². The van der Waals surface area contributed by atoms with E-state index in [1.165, 1.54) is 6.20 Å². The van der Waals surface area contributed by atoms with Crippen molar-refractivity contribution >= 4 is 5.91 Å². The Bertz CT molecular complexity index is 552. The fourth-order valence-corrected chi connectivity index (χ4v) is 1.69. The first-order chi connectivity index (χ1) is 8.18. The van der Waals surface area contributed by atoms with Crippen LogP contribution < -0.4 is 5.73 Å². The van der Waals surface area contributed by atoms with Gasteiger partial charge in [0, 0.05) is 18.8 Å². The summed E-state index contributed by atoms with van der Waals surface area (Å²) in [5.41, 5.74) is 8.41. The van der Waals surface area contributed by atoms with Crippen molar-refractivity contribution < 1.29 is 4.79 Å². The number of nitrogens with zero attached hydrogens (tertiary/aromatic N) is 2. The largest absolute Gasteiger partial charge is 0.364 e. The molecule has 1 aromatic heterocycles. The molecule has 2 aromatic rings. The Hall–Kier alpha value is -2.23. The second-order valence-corrected chi connectivity index (χ2v) is 3.82. The van der Waals surface area contributed by atoms with E-state index < -0.39 is 5.91 Å². The van der Waals surface area contributed by atoms with Gasteiger partial charge < -0.3 is 5.73 Å². The van der Waals surface area contributed by atoms with Crippen molar-refractivity contribution in [1.29, 1.82) is 0 Å². The van der Waals surface area contributed by atoms with Crippen molar-refractivity contribution in [3.8, 4) is 0 Å². The minimum Gasteiger partial charge on any atom is -0.364 e. The van der Waals surface area contributed by atoms with Crippen LogP contribution in [0.25, 0.3) is 0 Å². The highest BCUT2D eigenvalue weighted by atomic mass is 16.1. The minimum absolute atomic E-state index is 0.246. The van der Waals surface area contributed by atoms with Crippen LogP contribution in [-0.2, 0) is 6.42 Å². The minimum atomic E-state index is -0.540. The third-order valence-electron chi connectivity index (χ3n) is 2.63. The van der Waals surface area contributed by atoms with E-state index in [1.54, 1.807) is 6.20 Å². The van der Waals surface area contributed by atoms with Crippen LogP contribution in [0.3, 0.4) is 0 Å². The van der Waals surface area contributed by atoms with Crippen molar-refractivity contribution in [1.82, 2.24) is 9.97 Å². The fourth-order valence-electron chi connectivity index (χ4n) is 1.69. The standard InChI is InChI=1S/C13H13N3O/c1-9-4-2-3-5-10(9)8-11-12(13(14)17)16-7-6-15-11/h2-7H,8H2,1H3,(H2,14,17). The zero-order valence-corrected chi connectivity index (χ0v) is 9.55. The highest BCUT2D eigenvalue weighted by molar-refractivity contribution is 5.91. The van der Waals surface area contributed by atoms with Gasteiger partial charge in [0.05, 0.1) is 5.69 Å². The van der Waals surface area contributed by atoms with Crippen molar-refractivity contribution in [2.45, 2.75) is 13.3 Å². The summed E-state index contributed by atoms with van der Waals surface area (Å²) in [6.45, 7) is 2.02. The number of nitrogens with two attached hydrogens (primary N) is 1. The van der Waals surface area contributed by atoms with Crippen LogP contribution in [0.2, 0.25) is 0 Å². The van der Waals surface area contributed by atoms with Crippen LogP contribution in [0.1, 0.15) is 27.3 Å². The first kappa shape index (κ1) is 11.3. The Morgan fingerprint density at radius 1 is 1.24 bits per heavy atom. The van der Waals surface area contributed by atoms with E-state index in [9.17, 15) is 4.79 Å². The first-order valence-corrected chi connectivity index (χ1v) is 5.32. The van der Waals surface area contributed by atoms with E-state index in [0.717, 1.165) is 11.1 Å². The Balaban J connectivity index is 2.37. The number of carbonyl (C=O) groups excluding carboxylic acids is 1. The summed E-state index contributed by atoms with van der Waals surface area (Å²) in [4.78, 5) is 19.4. The SMILES string of the molecule is Cc1ccccc1Cc1nccnc1C(N)=O. The van der Waals surface area contributed by atoms with Gasteiger partial charge in [-0.25, -0.2) is 4.98 Å². The van der Waals surface area contributed by atoms with Crippen molar-refractivity contribution in [3.63, 3.8) is 0 Å². The molecule has 0 radical (unpaired) electrons. The number of amides is 1. The van der Waals surface area contributed by atoms with Crippen LogP contribution in [-0.4, -0.2) is 15.9 Å².